The lowest BCUT2D eigenvalue weighted by molar-refractivity contribution is 0.102. The van der Waals surface area contributed by atoms with Gasteiger partial charge in [0.25, 0.3) is 5.91 Å². The summed E-state index contributed by atoms with van der Waals surface area (Å²) < 4.78 is 25.9. The highest BCUT2D eigenvalue weighted by Crippen LogP contribution is 2.18. The molecule has 1 aromatic carbocycles. The fourth-order valence-electron chi connectivity index (χ4n) is 1.35. The molecular formula is C11H10F2N4OS. The summed E-state index contributed by atoms with van der Waals surface area (Å²) in [5.74, 6) is -2.09. The summed E-state index contributed by atoms with van der Waals surface area (Å²) in [6.07, 6.45) is 0. The van der Waals surface area contributed by atoms with Gasteiger partial charge in [-0.2, -0.15) is 0 Å². The zero-order valence-corrected chi connectivity index (χ0v) is 10.7. The highest BCUT2D eigenvalue weighted by molar-refractivity contribution is 7.17. The molecule has 0 radical (unpaired) electrons. The third kappa shape index (κ3) is 3.44. The first-order valence-electron chi connectivity index (χ1n) is 5.43. The SMILES string of the molecule is CCNc1nnc(C(=O)Nc2cc(F)cc(F)c2)s1. The van der Waals surface area contributed by atoms with Crippen LogP contribution in [0.1, 0.15) is 16.7 Å². The molecule has 0 saturated carbocycles. The standard InChI is InChI=1S/C11H10F2N4OS/c1-2-14-11-17-16-10(19-11)9(18)15-8-4-6(12)3-7(13)5-8/h3-5H,2H2,1H3,(H,14,17)(H,15,18). The van der Waals surface area contributed by atoms with Crippen LogP contribution in [0.25, 0.3) is 0 Å². The van der Waals surface area contributed by atoms with Crippen molar-refractivity contribution in [3.05, 3.63) is 34.8 Å². The molecule has 0 fully saturated rings. The molecule has 1 heterocycles. The topological polar surface area (TPSA) is 66.9 Å². The Balaban J connectivity index is 2.11. The van der Waals surface area contributed by atoms with Crippen molar-refractivity contribution in [1.82, 2.24) is 10.2 Å². The van der Waals surface area contributed by atoms with Crippen molar-refractivity contribution >= 4 is 28.1 Å². The van der Waals surface area contributed by atoms with Gasteiger partial charge in [-0.3, -0.25) is 4.79 Å². The summed E-state index contributed by atoms with van der Waals surface area (Å²) in [4.78, 5) is 11.8. The first kappa shape index (κ1) is 13.3. The smallest absolute Gasteiger partial charge is 0.286 e. The van der Waals surface area contributed by atoms with Gasteiger partial charge in [0.1, 0.15) is 11.6 Å². The number of hydrogen-bond acceptors (Lipinski definition) is 5. The van der Waals surface area contributed by atoms with Crippen LogP contribution in [0.3, 0.4) is 0 Å². The van der Waals surface area contributed by atoms with Crippen LogP contribution in [0.15, 0.2) is 18.2 Å². The van der Waals surface area contributed by atoms with E-state index in [1.807, 2.05) is 6.92 Å². The van der Waals surface area contributed by atoms with Gasteiger partial charge in [0.2, 0.25) is 10.1 Å². The average Bonchev–Trinajstić information content (AvgIpc) is 2.76. The van der Waals surface area contributed by atoms with Crippen LogP contribution < -0.4 is 10.6 Å². The molecule has 2 aromatic rings. The number of halogens is 2. The van der Waals surface area contributed by atoms with Crippen molar-refractivity contribution < 1.29 is 13.6 Å². The first-order valence-corrected chi connectivity index (χ1v) is 6.25. The molecule has 2 rings (SSSR count). The number of benzene rings is 1. The molecule has 100 valence electrons. The van der Waals surface area contributed by atoms with Crippen LogP contribution in [0, 0.1) is 11.6 Å². The lowest BCUT2D eigenvalue weighted by Crippen LogP contribution is -2.11. The summed E-state index contributed by atoms with van der Waals surface area (Å²) in [5, 5.41) is 13.3. The van der Waals surface area contributed by atoms with E-state index in [1.54, 1.807) is 0 Å². The largest absolute Gasteiger partial charge is 0.360 e. The Bertz CT molecular complexity index is 582. The molecule has 0 aliphatic heterocycles. The molecule has 8 heteroatoms. The first-order chi connectivity index (χ1) is 9.08. The number of hydrogen-bond donors (Lipinski definition) is 2. The van der Waals surface area contributed by atoms with Crippen molar-refractivity contribution in [3.63, 3.8) is 0 Å². The summed E-state index contributed by atoms with van der Waals surface area (Å²) in [7, 11) is 0. The molecule has 1 amide bonds. The fourth-order valence-corrected chi connectivity index (χ4v) is 2.05. The summed E-state index contributed by atoms with van der Waals surface area (Å²) in [5.41, 5.74) is 0.0303. The number of nitrogens with zero attached hydrogens (tertiary/aromatic N) is 2. The van der Waals surface area contributed by atoms with Gasteiger partial charge in [-0.15, -0.1) is 10.2 Å². The Morgan fingerprint density at radius 3 is 2.58 bits per heavy atom. The van der Waals surface area contributed by atoms with Gasteiger partial charge < -0.3 is 10.6 Å². The molecule has 0 spiro atoms. The molecule has 19 heavy (non-hydrogen) atoms. The second-order valence-electron chi connectivity index (χ2n) is 3.55. The lowest BCUT2D eigenvalue weighted by Gasteiger charge is -2.02. The van der Waals surface area contributed by atoms with Gasteiger partial charge in [-0.05, 0) is 19.1 Å². The second-order valence-corrected chi connectivity index (χ2v) is 4.53. The van der Waals surface area contributed by atoms with E-state index in [9.17, 15) is 13.6 Å². The average molecular weight is 284 g/mol. The predicted molar refractivity (Wildman–Crippen MR) is 68.4 cm³/mol. The van der Waals surface area contributed by atoms with Gasteiger partial charge >= 0.3 is 0 Å². The van der Waals surface area contributed by atoms with E-state index in [0.29, 0.717) is 11.7 Å². The lowest BCUT2D eigenvalue weighted by atomic mass is 10.3. The Kier molecular flexibility index (Phi) is 4.00. The molecule has 5 nitrogen and oxygen atoms in total. The Morgan fingerprint density at radius 1 is 1.26 bits per heavy atom. The van der Waals surface area contributed by atoms with Crippen LogP contribution in [-0.4, -0.2) is 22.6 Å². The molecule has 0 saturated heterocycles. The van der Waals surface area contributed by atoms with Crippen LogP contribution in [0.2, 0.25) is 0 Å². The maximum Gasteiger partial charge on any atom is 0.286 e. The molecule has 0 aliphatic rings. The minimum atomic E-state index is -0.763. The molecule has 0 bridgehead atoms. The van der Waals surface area contributed by atoms with Gasteiger partial charge in [0, 0.05) is 18.3 Å². The molecule has 0 aliphatic carbocycles. The number of rotatable bonds is 4. The minimum absolute atomic E-state index is 0.0303. The van der Waals surface area contributed by atoms with E-state index in [-0.39, 0.29) is 10.7 Å². The summed E-state index contributed by atoms with van der Waals surface area (Å²) >= 11 is 1.06. The number of anilines is 2. The van der Waals surface area contributed by atoms with E-state index >= 15 is 0 Å². The molecular weight excluding hydrogens is 274 g/mol. The molecule has 1 aromatic heterocycles. The molecule has 0 unspecified atom stereocenters. The Labute approximate surface area is 111 Å². The zero-order chi connectivity index (χ0) is 13.8. The van der Waals surface area contributed by atoms with Gasteiger partial charge in [-0.25, -0.2) is 8.78 Å². The second kappa shape index (κ2) is 5.70. The van der Waals surface area contributed by atoms with E-state index in [2.05, 4.69) is 20.8 Å². The fraction of sp³-hybridized carbons (Fsp3) is 0.182. The van der Waals surface area contributed by atoms with E-state index < -0.39 is 17.5 Å². The third-order valence-corrected chi connectivity index (χ3v) is 2.95. The number of carbonyl (C=O) groups excluding carboxylic acids is 1. The predicted octanol–water partition coefficient (Wildman–Crippen LogP) is 2.50. The number of aromatic nitrogens is 2. The van der Waals surface area contributed by atoms with Crippen LogP contribution in [0.4, 0.5) is 19.6 Å². The molecule has 0 atom stereocenters. The molecule has 2 N–H and O–H groups in total. The number of amides is 1. The highest BCUT2D eigenvalue weighted by Gasteiger charge is 2.13. The maximum atomic E-state index is 13.0. The van der Waals surface area contributed by atoms with Crippen LogP contribution in [-0.2, 0) is 0 Å². The number of carbonyl (C=O) groups is 1. The normalized spacial score (nSPS) is 10.3. The highest BCUT2D eigenvalue weighted by atomic mass is 32.1. The van der Waals surface area contributed by atoms with Gasteiger partial charge in [0.15, 0.2) is 0 Å². The van der Waals surface area contributed by atoms with Crippen molar-refractivity contribution in [2.45, 2.75) is 6.92 Å². The Morgan fingerprint density at radius 2 is 1.95 bits per heavy atom. The van der Waals surface area contributed by atoms with E-state index in [0.717, 1.165) is 29.5 Å². The van der Waals surface area contributed by atoms with E-state index in [4.69, 9.17) is 0 Å². The number of nitrogens with one attached hydrogen (secondary N) is 2. The monoisotopic (exact) mass is 284 g/mol. The zero-order valence-electron chi connectivity index (χ0n) is 9.91. The summed E-state index contributed by atoms with van der Waals surface area (Å²) in [6, 6.07) is 2.77. The van der Waals surface area contributed by atoms with Crippen molar-refractivity contribution in [1.29, 1.82) is 0 Å². The Hall–Kier alpha value is -2.09. The van der Waals surface area contributed by atoms with Crippen molar-refractivity contribution in [2.75, 3.05) is 17.2 Å². The third-order valence-electron chi connectivity index (χ3n) is 2.07. The van der Waals surface area contributed by atoms with Crippen LogP contribution >= 0.6 is 11.3 Å². The maximum absolute atomic E-state index is 13.0. The van der Waals surface area contributed by atoms with Crippen LogP contribution in [0.5, 0.6) is 0 Å². The quantitative estimate of drug-likeness (QED) is 0.905. The minimum Gasteiger partial charge on any atom is -0.360 e. The van der Waals surface area contributed by atoms with Crippen molar-refractivity contribution in [2.24, 2.45) is 0 Å². The summed E-state index contributed by atoms with van der Waals surface area (Å²) in [6.45, 7) is 2.54. The van der Waals surface area contributed by atoms with E-state index in [1.165, 1.54) is 0 Å². The van der Waals surface area contributed by atoms with Gasteiger partial charge in [0.05, 0.1) is 0 Å². The van der Waals surface area contributed by atoms with Gasteiger partial charge in [-0.1, -0.05) is 11.3 Å². The van der Waals surface area contributed by atoms with Crippen molar-refractivity contribution in [3.8, 4) is 0 Å².